The van der Waals surface area contributed by atoms with Crippen LogP contribution in [-0.2, 0) is 6.18 Å². The molecule has 1 aliphatic rings. The Bertz CT molecular complexity index is 769. The van der Waals surface area contributed by atoms with E-state index in [1.54, 1.807) is 25.3 Å². The lowest BCUT2D eigenvalue weighted by atomic mass is 10.1. The van der Waals surface area contributed by atoms with Crippen molar-refractivity contribution >= 4 is 5.82 Å². The van der Waals surface area contributed by atoms with Crippen molar-refractivity contribution in [1.29, 1.82) is 0 Å². The van der Waals surface area contributed by atoms with Gasteiger partial charge in [0.25, 0.3) is 0 Å². The van der Waals surface area contributed by atoms with Gasteiger partial charge in [0.2, 0.25) is 0 Å². The number of pyridine rings is 1. The van der Waals surface area contributed by atoms with Gasteiger partial charge in [-0.3, -0.25) is 9.88 Å². The molecule has 1 saturated heterocycles. The SMILES string of the molecule is CC(O)CN1CCN(c2cc(C(F)(F)F)nc(-c3cccnc3)n2)C(C)C1. The molecule has 0 amide bonds. The molecule has 2 atom stereocenters. The van der Waals surface area contributed by atoms with Crippen molar-refractivity contribution in [3.63, 3.8) is 0 Å². The van der Waals surface area contributed by atoms with E-state index in [4.69, 9.17) is 0 Å². The molecular weight excluding hydrogens is 359 g/mol. The van der Waals surface area contributed by atoms with Crippen LogP contribution >= 0.6 is 0 Å². The Kier molecular flexibility index (Phi) is 5.61. The standard InChI is InChI=1S/C18H22F3N5O/c1-12-10-25(11-13(2)27)6-7-26(12)16-8-15(18(19,20)21)23-17(24-16)14-4-3-5-22-9-14/h3-5,8-9,12-13,27H,6-7,10-11H2,1-2H3. The van der Waals surface area contributed by atoms with Crippen molar-refractivity contribution in [3.05, 3.63) is 36.3 Å². The lowest BCUT2D eigenvalue weighted by Crippen LogP contribution is -2.53. The second-order valence-electron chi connectivity index (χ2n) is 6.83. The van der Waals surface area contributed by atoms with Gasteiger partial charge in [-0.15, -0.1) is 0 Å². The van der Waals surface area contributed by atoms with Crippen LogP contribution < -0.4 is 4.90 Å². The van der Waals surface area contributed by atoms with E-state index >= 15 is 0 Å². The number of β-amino-alcohol motifs (C(OH)–C–C–N with tert-alkyl or cyclic N) is 1. The topological polar surface area (TPSA) is 65.4 Å². The molecule has 0 radical (unpaired) electrons. The highest BCUT2D eigenvalue weighted by Crippen LogP contribution is 2.32. The zero-order valence-corrected chi connectivity index (χ0v) is 15.2. The number of hydrogen-bond acceptors (Lipinski definition) is 6. The first-order valence-electron chi connectivity index (χ1n) is 8.78. The van der Waals surface area contributed by atoms with Gasteiger partial charge in [0.15, 0.2) is 11.5 Å². The van der Waals surface area contributed by atoms with E-state index in [0.717, 1.165) is 6.07 Å². The van der Waals surface area contributed by atoms with Crippen molar-refractivity contribution < 1.29 is 18.3 Å². The fourth-order valence-corrected chi connectivity index (χ4v) is 3.26. The first-order valence-corrected chi connectivity index (χ1v) is 8.78. The van der Waals surface area contributed by atoms with Gasteiger partial charge in [-0.2, -0.15) is 13.2 Å². The molecule has 27 heavy (non-hydrogen) atoms. The van der Waals surface area contributed by atoms with Crippen molar-refractivity contribution in [1.82, 2.24) is 19.9 Å². The molecule has 9 heteroatoms. The highest BCUT2D eigenvalue weighted by Gasteiger charge is 2.35. The fraction of sp³-hybridized carbons (Fsp3) is 0.500. The number of alkyl halides is 3. The highest BCUT2D eigenvalue weighted by atomic mass is 19.4. The van der Waals surface area contributed by atoms with Gasteiger partial charge in [0, 0.05) is 56.2 Å². The normalized spacial score (nSPS) is 19.9. The number of piperazine rings is 1. The van der Waals surface area contributed by atoms with Crippen molar-refractivity contribution in [2.45, 2.75) is 32.2 Å². The maximum atomic E-state index is 13.4. The van der Waals surface area contributed by atoms with Crippen molar-refractivity contribution in [2.75, 3.05) is 31.1 Å². The second-order valence-corrected chi connectivity index (χ2v) is 6.83. The minimum absolute atomic E-state index is 0.00605. The highest BCUT2D eigenvalue weighted by molar-refractivity contribution is 5.57. The number of aliphatic hydroxyl groups is 1. The molecule has 2 aromatic heterocycles. The number of nitrogens with zero attached hydrogens (tertiary/aromatic N) is 5. The van der Waals surface area contributed by atoms with Crippen molar-refractivity contribution in [3.8, 4) is 11.4 Å². The van der Waals surface area contributed by atoms with Crippen LogP contribution in [0.1, 0.15) is 19.5 Å². The summed E-state index contributed by atoms with van der Waals surface area (Å²) < 4.78 is 40.1. The van der Waals surface area contributed by atoms with E-state index < -0.39 is 18.0 Å². The summed E-state index contributed by atoms with van der Waals surface area (Å²) in [6.07, 6.45) is -2.02. The molecule has 3 rings (SSSR count). The zero-order chi connectivity index (χ0) is 19.6. The Labute approximate surface area is 155 Å². The van der Waals surface area contributed by atoms with E-state index in [2.05, 4.69) is 19.9 Å². The van der Waals surface area contributed by atoms with Gasteiger partial charge in [-0.05, 0) is 26.0 Å². The van der Waals surface area contributed by atoms with Crippen LogP contribution in [0.3, 0.4) is 0 Å². The summed E-state index contributed by atoms with van der Waals surface area (Å²) in [7, 11) is 0. The minimum atomic E-state index is -4.56. The number of hydrogen-bond donors (Lipinski definition) is 1. The number of anilines is 1. The summed E-state index contributed by atoms with van der Waals surface area (Å²) in [5.41, 5.74) is -0.532. The van der Waals surface area contributed by atoms with E-state index in [1.807, 2.05) is 11.8 Å². The summed E-state index contributed by atoms with van der Waals surface area (Å²) >= 11 is 0. The number of aromatic nitrogens is 3. The Morgan fingerprint density at radius 1 is 1.30 bits per heavy atom. The van der Waals surface area contributed by atoms with E-state index in [1.165, 1.54) is 6.20 Å². The average Bonchev–Trinajstić information content (AvgIpc) is 2.61. The van der Waals surface area contributed by atoms with Crippen LogP contribution in [0, 0.1) is 0 Å². The number of halogens is 3. The Morgan fingerprint density at radius 2 is 2.07 bits per heavy atom. The maximum absolute atomic E-state index is 13.4. The average molecular weight is 381 g/mol. The lowest BCUT2D eigenvalue weighted by molar-refractivity contribution is -0.141. The molecule has 0 bridgehead atoms. The molecule has 1 aliphatic heterocycles. The van der Waals surface area contributed by atoms with Crippen molar-refractivity contribution in [2.24, 2.45) is 0 Å². The lowest BCUT2D eigenvalue weighted by Gasteiger charge is -2.41. The molecule has 6 nitrogen and oxygen atoms in total. The molecule has 0 spiro atoms. The first kappa shape index (κ1) is 19.5. The smallest absolute Gasteiger partial charge is 0.392 e. The van der Waals surface area contributed by atoms with Crippen LogP contribution in [0.2, 0.25) is 0 Å². The molecule has 0 aromatic carbocycles. The summed E-state index contributed by atoms with van der Waals surface area (Å²) in [6.45, 7) is 6.00. The third kappa shape index (κ3) is 4.72. The monoisotopic (exact) mass is 381 g/mol. The van der Waals surface area contributed by atoms with Crippen LogP contribution in [0.25, 0.3) is 11.4 Å². The first-order chi connectivity index (χ1) is 12.7. The molecule has 0 aliphatic carbocycles. The molecule has 2 unspecified atom stereocenters. The molecule has 1 N–H and O–H groups in total. The predicted molar refractivity (Wildman–Crippen MR) is 95.2 cm³/mol. The van der Waals surface area contributed by atoms with Crippen LogP contribution in [0.5, 0.6) is 0 Å². The quantitative estimate of drug-likeness (QED) is 0.878. The molecule has 3 heterocycles. The van der Waals surface area contributed by atoms with Crippen LogP contribution in [0.15, 0.2) is 30.6 Å². The van der Waals surface area contributed by atoms with Gasteiger partial charge in [-0.1, -0.05) is 0 Å². The molecule has 2 aromatic rings. The van der Waals surface area contributed by atoms with E-state index in [0.29, 0.717) is 31.7 Å². The van der Waals surface area contributed by atoms with Crippen LogP contribution in [0.4, 0.5) is 19.0 Å². The summed E-state index contributed by atoms with van der Waals surface area (Å²) in [5, 5.41) is 9.56. The summed E-state index contributed by atoms with van der Waals surface area (Å²) in [4.78, 5) is 16.0. The Balaban J connectivity index is 1.93. The molecule has 0 saturated carbocycles. The third-order valence-electron chi connectivity index (χ3n) is 4.45. The van der Waals surface area contributed by atoms with Crippen LogP contribution in [-0.4, -0.2) is 63.3 Å². The molecule has 1 fully saturated rings. The van der Waals surface area contributed by atoms with E-state index in [-0.39, 0.29) is 17.7 Å². The summed E-state index contributed by atoms with van der Waals surface area (Å²) in [5.74, 6) is 0.256. The third-order valence-corrected chi connectivity index (χ3v) is 4.45. The largest absolute Gasteiger partial charge is 0.433 e. The Hall–Kier alpha value is -2.26. The van der Waals surface area contributed by atoms with Gasteiger partial charge < -0.3 is 10.0 Å². The van der Waals surface area contributed by atoms with Gasteiger partial charge >= 0.3 is 6.18 Å². The number of aliphatic hydroxyl groups excluding tert-OH is 1. The predicted octanol–water partition coefficient (Wildman–Crippen LogP) is 2.45. The Morgan fingerprint density at radius 3 is 2.67 bits per heavy atom. The number of rotatable bonds is 4. The molecule has 146 valence electrons. The second kappa shape index (κ2) is 7.77. The zero-order valence-electron chi connectivity index (χ0n) is 15.2. The van der Waals surface area contributed by atoms with Gasteiger partial charge in [0.1, 0.15) is 5.82 Å². The summed E-state index contributed by atoms with van der Waals surface area (Å²) in [6, 6.07) is 4.22. The van der Waals surface area contributed by atoms with Gasteiger partial charge in [-0.25, -0.2) is 9.97 Å². The maximum Gasteiger partial charge on any atom is 0.433 e. The van der Waals surface area contributed by atoms with E-state index in [9.17, 15) is 18.3 Å². The van der Waals surface area contributed by atoms with Gasteiger partial charge in [0.05, 0.1) is 6.10 Å². The fourth-order valence-electron chi connectivity index (χ4n) is 3.26. The molecular formula is C18H22F3N5O. The minimum Gasteiger partial charge on any atom is -0.392 e.